The topological polar surface area (TPSA) is 50.9 Å². The maximum absolute atomic E-state index is 12.9. The molecule has 108 valence electrons. The van der Waals surface area contributed by atoms with Crippen LogP contribution in [-0.2, 0) is 0 Å². The molecule has 0 saturated heterocycles. The van der Waals surface area contributed by atoms with Gasteiger partial charge in [-0.15, -0.1) is 0 Å². The minimum absolute atomic E-state index is 0.0406. The van der Waals surface area contributed by atoms with E-state index in [1.807, 2.05) is 25.1 Å². The minimum atomic E-state index is -0.0406. The molecule has 0 radical (unpaired) electrons. The van der Waals surface area contributed by atoms with E-state index in [0.29, 0.717) is 16.6 Å². The molecule has 1 unspecified atom stereocenters. The normalized spacial score (nSPS) is 16.4. The molecule has 1 aromatic carbocycles. The van der Waals surface area contributed by atoms with Gasteiger partial charge in [0.05, 0.1) is 18.5 Å². The number of benzene rings is 1. The third-order valence-corrected chi connectivity index (χ3v) is 4.42. The molecule has 0 spiro atoms. The lowest BCUT2D eigenvalue weighted by Crippen LogP contribution is -2.36. The predicted octanol–water partition coefficient (Wildman–Crippen LogP) is 4.37. The number of rotatable bonds is 5. The minimum Gasteiger partial charge on any atom is -0.324 e. The highest BCUT2D eigenvalue weighted by Crippen LogP contribution is 2.41. The largest absolute Gasteiger partial charge is 0.324 e. The fraction of sp³-hybridized carbons (Fsp3) is 0.467. The van der Waals surface area contributed by atoms with Gasteiger partial charge in [-0.1, -0.05) is 12.5 Å². The van der Waals surface area contributed by atoms with Crippen molar-refractivity contribution in [3.8, 4) is 0 Å². The lowest BCUT2D eigenvalue weighted by atomic mass is 9.72. The third-order valence-electron chi connectivity index (χ3n) is 4.01. The van der Waals surface area contributed by atoms with Crippen molar-refractivity contribution < 1.29 is 3.89 Å². The van der Waals surface area contributed by atoms with Gasteiger partial charge < -0.3 is 4.90 Å². The Morgan fingerprint density at radius 2 is 2.15 bits per heavy atom. The summed E-state index contributed by atoms with van der Waals surface area (Å²) in [5.74, 6) is 0.815. The molecule has 0 amide bonds. The van der Waals surface area contributed by atoms with Crippen LogP contribution in [0, 0.1) is 23.7 Å². The third kappa shape index (κ3) is 3.03. The number of hydrogen-bond donors (Lipinski definition) is 2. The van der Waals surface area contributed by atoms with E-state index < -0.39 is 0 Å². The quantitative estimate of drug-likeness (QED) is 0.625. The molecule has 0 aliphatic heterocycles. The Balaban J connectivity index is 2.37. The van der Waals surface area contributed by atoms with E-state index in [9.17, 15) is 3.89 Å². The van der Waals surface area contributed by atoms with Crippen LogP contribution in [0.25, 0.3) is 0 Å². The summed E-state index contributed by atoms with van der Waals surface area (Å²) in [7, 11) is 1.72. The van der Waals surface area contributed by atoms with Crippen LogP contribution in [0.2, 0.25) is 0 Å². The highest BCUT2D eigenvalue weighted by Gasteiger charge is 2.33. The molecule has 1 aliphatic rings. The van der Waals surface area contributed by atoms with Crippen molar-refractivity contribution in [2.45, 2.75) is 37.0 Å². The number of amidine groups is 1. The molecule has 1 atom stereocenters. The van der Waals surface area contributed by atoms with Crippen molar-refractivity contribution in [2.75, 3.05) is 7.05 Å². The van der Waals surface area contributed by atoms with Crippen LogP contribution in [0.5, 0.6) is 0 Å². The Morgan fingerprint density at radius 3 is 2.65 bits per heavy atom. The number of likely N-dealkylation sites (N-methyl/N-ethyl adjacent to an activating group) is 1. The second-order valence-corrected chi connectivity index (χ2v) is 6.08. The van der Waals surface area contributed by atoms with Crippen molar-refractivity contribution in [3.63, 3.8) is 0 Å². The summed E-state index contributed by atoms with van der Waals surface area (Å²) in [5, 5.41) is 15.7. The van der Waals surface area contributed by atoms with E-state index in [0.717, 1.165) is 30.3 Å². The summed E-state index contributed by atoms with van der Waals surface area (Å²) in [6, 6.07) is 5.69. The van der Waals surface area contributed by atoms with Crippen LogP contribution in [0.4, 0.5) is 3.89 Å². The number of hydrogen-bond acceptors (Lipinski definition) is 3. The maximum atomic E-state index is 12.9. The van der Waals surface area contributed by atoms with E-state index in [2.05, 4.69) is 0 Å². The van der Waals surface area contributed by atoms with Gasteiger partial charge in [-0.25, -0.2) is 0 Å². The zero-order valence-corrected chi connectivity index (χ0v) is 12.6. The van der Waals surface area contributed by atoms with E-state index in [-0.39, 0.29) is 18.1 Å². The summed E-state index contributed by atoms with van der Waals surface area (Å²) >= 11 is 0.249. The molecule has 2 rings (SSSR count). The number of nitrogens with one attached hydrogen (secondary N) is 2. The van der Waals surface area contributed by atoms with E-state index in [1.54, 1.807) is 7.05 Å². The van der Waals surface area contributed by atoms with Gasteiger partial charge in [0.25, 0.3) is 0 Å². The first-order valence-electron chi connectivity index (χ1n) is 6.79. The van der Waals surface area contributed by atoms with Crippen molar-refractivity contribution >= 4 is 24.3 Å². The van der Waals surface area contributed by atoms with Gasteiger partial charge in [0, 0.05) is 17.9 Å². The van der Waals surface area contributed by atoms with Crippen LogP contribution in [0.15, 0.2) is 23.1 Å². The highest BCUT2D eigenvalue weighted by molar-refractivity contribution is 7.94. The molecule has 1 fully saturated rings. The molecule has 0 heterocycles. The standard InChI is InChI=1S/C15H20FN3S/c1-10-6-12(8-13(7-10)20-16)14(11-4-3-5-11)15(18)19(2)9-17/h6-9,11,14,17-18H,3-5H2,1-2H3. The van der Waals surface area contributed by atoms with Crippen molar-refractivity contribution in [2.24, 2.45) is 5.92 Å². The Labute approximate surface area is 123 Å². The first kappa shape index (κ1) is 15.0. The van der Waals surface area contributed by atoms with Crippen LogP contribution in [0.3, 0.4) is 0 Å². The van der Waals surface area contributed by atoms with E-state index >= 15 is 0 Å². The van der Waals surface area contributed by atoms with Gasteiger partial charge in [-0.3, -0.25) is 10.8 Å². The van der Waals surface area contributed by atoms with E-state index in [4.69, 9.17) is 10.8 Å². The van der Waals surface area contributed by atoms with Crippen LogP contribution in [-0.4, -0.2) is 24.1 Å². The average Bonchev–Trinajstić information content (AvgIpc) is 2.40. The Kier molecular flexibility index (Phi) is 4.81. The summed E-state index contributed by atoms with van der Waals surface area (Å²) < 4.78 is 12.9. The molecule has 1 aliphatic carbocycles. The molecule has 5 heteroatoms. The second kappa shape index (κ2) is 6.39. The lowest BCUT2D eigenvalue weighted by molar-refractivity contribution is 0.291. The van der Waals surface area contributed by atoms with Gasteiger partial charge in [-0.05, 0) is 48.9 Å². The number of aryl methyl sites for hydroxylation is 1. The molecule has 0 aromatic heterocycles. The SMILES string of the molecule is Cc1cc(SF)cc(C(C(=N)N(C)C=N)C2CCC2)c1. The Hall–Kier alpha value is -1.36. The molecule has 1 saturated carbocycles. The van der Waals surface area contributed by atoms with Crippen LogP contribution < -0.4 is 0 Å². The molecular formula is C15H20FN3S. The molecule has 0 bridgehead atoms. The lowest BCUT2D eigenvalue weighted by Gasteiger charge is -2.36. The van der Waals surface area contributed by atoms with Crippen molar-refractivity contribution in [3.05, 3.63) is 29.3 Å². The predicted molar refractivity (Wildman–Crippen MR) is 82.5 cm³/mol. The second-order valence-electron chi connectivity index (χ2n) is 5.45. The zero-order chi connectivity index (χ0) is 14.7. The smallest absolute Gasteiger partial charge is 0.109 e. The van der Waals surface area contributed by atoms with Crippen LogP contribution >= 0.6 is 12.1 Å². The first-order chi connectivity index (χ1) is 9.56. The van der Waals surface area contributed by atoms with Crippen molar-refractivity contribution in [1.29, 1.82) is 10.8 Å². The Morgan fingerprint density at radius 1 is 1.45 bits per heavy atom. The summed E-state index contributed by atoms with van der Waals surface area (Å²) in [6.07, 6.45) is 4.56. The number of nitrogens with zero attached hydrogens (tertiary/aromatic N) is 1. The van der Waals surface area contributed by atoms with Gasteiger partial charge >= 0.3 is 0 Å². The summed E-state index contributed by atoms with van der Waals surface area (Å²) in [4.78, 5) is 2.13. The average molecular weight is 293 g/mol. The van der Waals surface area contributed by atoms with Gasteiger partial charge in [0.1, 0.15) is 5.84 Å². The van der Waals surface area contributed by atoms with E-state index in [1.165, 1.54) is 11.3 Å². The highest BCUT2D eigenvalue weighted by atomic mass is 32.2. The number of halogens is 1. The van der Waals surface area contributed by atoms with Crippen LogP contribution in [0.1, 0.15) is 36.3 Å². The van der Waals surface area contributed by atoms with Gasteiger partial charge in [0.15, 0.2) is 0 Å². The molecule has 2 N–H and O–H groups in total. The van der Waals surface area contributed by atoms with Gasteiger partial charge in [-0.2, -0.15) is 3.89 Å². The Bertz CT molecular complexity index is 514. The molecule has 3 nitrogen and oxygen atoms in total. The summed E-state index contributed by atoms with van der Waals surface area (Å²) in [6.45, 7) is 1.95. The maximum Gasteiger partial charge on any atom is 0.109 e. The summed E-state index contributed by atoms with van der Waals surface area (Å²) in [5.41, 5.74) is 2.01. The first-order valence-corrected chi connectivity index (χ1v) is 7.50. The molecule has 20 heavy (non-hydrogen) atoms. The zero-order valence-electron chi connectivity index (χ0n) is 11.8. The van der Waals surface area contributed by atoms with Crippen molar-refractivity contribution in [1.82, 2.24) is 4.90 Å². The monoisotopic (exact) mass is 293 g/mol. The van der Waals surface area contributed by atoms with Gasteiger partial charge in [0.2, 0.25) is 0 Å². The fourth-order valence-corrected chi connectivity index (χ4v) is 3.13. The fourth-order valence-electron chi connectivity index (χ4n) is 2.72. The molecular weight excluding hydrogens is 273 g/mol. The molecule has 1 aromatic rings.